The molecule has 2 N–H and O–H groups in total. The monoisotopic (exact) mass is 257 g/mol. The third kappa shape index (κ3) is 3.76. The molecule has 4 heteroatoms. The van der Waals surface area contributed by atoms with Crippen LogP contribution in [0.15, 0.2) is 36.7 Å². The van der Waals surface area contributed by atoms with Crippen LogP contribution in [0, 0.1) is 0 Å². The van der Waals surface area contributed by atoms with Crippen molar-refractivity contribution in [2.24, 2.45) is 5.73 Å². The molecule has 0 saturated heterocycles. The molecule has 0 aliphatic heterocycles. The number of rotatable bonds is 5. The molecule has 0 bridgehead atoms. The molecule has 0 amide bonds. The largest absolute Gasteiger partial charge is 0.424 e. The minimum atomic E-state index is 0.363. The SMILES string of the molecule is CC(C)c1cccc(Oc2ncc(CCN)cn2)c1. The predicted octanol–water partition coefficient (Wildman–Crippen LogP) is 2.89. The van der Waals surface area contributed by atoms with E-state index in [9.17, 15) is 0 Å². The highest BCUT2D eigenvalue weighted by Gasteiger charge is 2.04. The van der Waals surface area contributed by atoms with E-state index in [1.165, 1.54) is 5.56 Å². The predicted molar refractivity (Wildman–Crippen MR) is 75.4 cm³/mol. The third-order valence-electron chi connectivity index (χ3n) is 2.85. The molecule has 0 aliphatic rings. The molecule has 19 heavy (non-hydrogen) atoms. The number of nitrogens with two attached hydrogens (primary N) is 1. The second-order valence-corrected chi connectivity index (χ2v) is 4.74. The highest BCUT2D eigenvalue weighted by molar-refractivity contribution is 5.32. The molecule has 0 atom stereocenters. The number of ether oxygens (including phenoxy) is 1. The summed E-state index contributed by atoms with van der Waals surface area (Å²) in [6.45, 7) is 4.90. The molecule has 0 saturated carbocycles. The third-order valence-corrected chi connectivity index (χ3v) is 2.85. The maximum Gasteiger partial charge on any atom is 0.321 e. The van der Waals surface area contributed by atoms with Crippen molar-refractivity contribution in [2.75, 3.05) is 6.54 Å². The van der Waals surface area contributed by atoms with Gasteiger partial charge in [0, 0.05) is 12.4 Å². The van der Waals surface area contributed by atoms with Gasteiger partial charge >= 0.3 is 6.01 Å². The van der Waals surface area contributed by atoms with Crippen LogP contribution < -0.4 is 10.5 Å². The van der Waals surface area contributed by atoms with Gasteiger partial charge < -0.3 is 10.5 Å². The van der Waals surface area contributed by atoms with Crippen molar-refractivity contribution in [3.05, 3.63) is 47.8 Å². The molecule has 0 aliphatic carbocycles. The summed E-state index contributed by atoms with van der Waals surface area (Å²) in [6.07, 6.45) is 4.28. The fourth-order valence-electron chi connectivity index (χ4n) is 1.73. The van der Waals surface area contributed by atoms with Gasteiger partial charge in [0.15, 0.2) is 0 Å². The number of benzene rings is 1. The highest BCUT2D eigenvalue weighted by atomic mass is 16.5. The first-order chi connectivity index (χ1) is 9.19. The Balaban J connectivity index is 2.10. The average Bonchev–Trinajstić information content (AvgIpc) is 2.42. The van der Waals surface area contributed by atoms with E-state index in [1.807, 2.05) is 18.2 Å². The van der Waals surface area contributed by atoms with E-state index < -0.39 is 0 Å². The van der Waals surface area contributed by atoms with E-state index in [2.05, 4.69) is 29.9 Å². The Labute approximate surface area is 113 Å². The molecule has 2 rings (SSSR count). The fourth-order valence-corrected chi connectivity index (χ4v) is 1.73. The highest BCUT2D eigenvalue weighted by Crippen LogP contribution is 2.23. The van der Waals surface area contributed by atoms with Crippen molar-refractivity contribution >= 4 is 0 Å². The topological polar surface area (TPSA) is 61.0 Å². The van der Waals surface area contributed by atoms with Gasteiger partial charge in [0.05, 0.1) is 0 Å². The second-order valence-electron chi connectivity index (χ2n) is 4.74. The molecule has 0 radical (unpaired) electrons. The molecule has 1 aromatic heterocycles. The van der Waals surface area contributed by atoms with Gasteiger partial charge in [0.2, 0.25) is 0 Å². The average molecular weight is 257 g/mol. The van der Waals surface area contributed by atoms with Crippen LogP contribution in [0.3, 0.4) is 0 Å². The van der Waals surface area contributed by atoms with E-state index in [-0.39, 0.29) is 0 Å². The van der Waals surface area contributed by atoms with Gasteiger partial charge in [-0.3, -0.25) is 0 Å². The zero-order valence-electron chi connectivity index (χ0n) is 11.3. The van der Waals surface area contributed by atoms with Crippen molar-refractivity contribution in [3.63, 3.8) is 0 Å². The maximum atomic E-state index is 5.65. The van der Waals surface area contributed by atoms with Gasteiger partial charge in [-0.15, -0.1) is 0 Å². The molecule has 1 aromatic carbocycles. The van der Waals surface area contributed by atoms with Crippen LogP contribution in [0.1, 0.15) is 30.9 Å². The minimum absolute atomic E-state index is 0.363. The summed E-state index contributed by atoms with van der Waals surface area (Å²) in [5.41, 5.74) is 7.73. The first-order valence-electron chi connectivity index (χ1n) is 6.48. The van der Waals surface area contributed by atoms with Gasteiger partial charge in [-0.25, -0.2) is 9.97 Å². The Hall–Kier alpha value is -1.94. The summed E-state index contributed by atoms with van der Waals surface area (Å²) in [5.74, 6) is 1.23. The van der Waals surface area contributed by atoms with E-state index in [4.69, 9.17) is 10.5 Å². The van der Waals surface area contributed by atoms with Crippen molar-refractivity contribution in [1.82, 2.24) is 9.97 Å². The molecule has 100 valence electrons. The summed E-state index contributed by atoms with van der Waals surface area (Å²) >= 11 is 0. The van der Waals surface area contributed by atoms with E-state index in [0.29, 0.717) is 18.5 Å². The van der Waals surface area contributed by atoms with Crippen LogP contribution in [-0.2, 0) is 6.42 Å². The van der Waals surface area contributed by atoms with Gasteiger partial charge in [0.25, 0.3) is 0 Å². The van der Waals surface area contributed by atoms with Gasteiger partial charge in [-0.05, 0) is 42.1 Å². The summed E-state index contributed by atoms with van der Waals surface area (Å²) in [4.78, 5) is 8.36. The first-order valence-corrected chi connectivity index (χ1v) is 6.48. The number of aromatic nitrogens is 2. The molecule has 0 spiro atoms. The molecule has 0 unspecified atom stereocenters. The van der Waals surface area contributed by atoms with Crippen molar-refractivity contribution in [3.8, 4) is 11.8 Å². The minimum Gasteiger partial charge on any atom is -0.424 e. The van der Waals surface area contributed by atoms with Crippen LogP contribution in [0.4, 0.5) is 0 Å². The van der Waals surface area contributed by atoms with Gasteiger partial charge in [-0.2, -0.15) is 0 Å². The quantitative estimate of drug-likeness (QED) is 0.894. The molecule has 1 heterocycles. The number of hydrogen-bond acceptors (Lipinski definition) is 4. The standard InChI is InChI=1S/C15H19N3O/c1-11(2)13-4-3-5-14(8-13)19-15-17-9-12(6-7-16)10-18-15/h3-5,8-11H,6-7,16H2,1-2H3. The van der Waals surface area contributed by atoms with E-state index in [0.717, 1.165) is 17.7 Å². The Morgan fingerprint density at radius 2 is 1.95 bits per heavy atom. The zero-order chi connectivity index (χ0) is 13.7. The summed E-state index contributed by atoms with van der Waals surface area (Å²) in [7, 11) is 0. The van der Waals surface area contributed by atoms with Gasteiger partial charge in [0.1, 0.15) is 5.75 Å². The Morgan fingerprint density at radius 3 is 2.58 bits per heavy atom. The van der Waals surface area contributed by atoms with E-state index >= 15 is 0 Å². The lowest BCUT2D eigenvalue weighted by molar-refractivity contribution is 0.440. The van der Waals surface area contributed by atoms with Crippen LogP contribution >= 0.6 is 0 Å². The Kier molecular flexibility index (Phi) is 4.47. The van der Waals surface area contributed by atoms with Crippen LogP contribution in [-0.4, -0.2) is 16.5 Å². The number of nitrogens with zero attached hydrogens (tertiary/aromatic N) is 2. The lowest BCUT2D eigenvalue weighted by atomic mass is 10.0. The second kappa shape index (κ2) is 6.29. The molecule has 0 fully saturated rings. The first kappa shape index (κ1) is 13.5. The van der Waals surface area contributed by atoms with Crippen LogP contribution in [0.2, 0.25) is 0 Å². The van der Waals surface area contributed by atoms with Crippen LogP contribution in [0.25, 0.3) is 0 Å². The lowest BCUT2D eigenvalue weighted by Crippen LogP contribution is -2.03. The zero-order valence-corrected chi connectivity index (χ0v) is 11.3. The molecular weight excluding hydrogens is 238 g/mol. The van der Waals surface area contributed by atoms with Crippen LogP contribution in [0.5, 0.6) is 11.8 Å². The Bertz CT molecular complexity index is 523. The smallest absolute Gasteiger partial charge is 0.321 e. The van der Waals surface area contributed by atoms with Crippen molar-refractivity contribution in [2.45, 2.75) is 26.2 Å². The van der Waals surface area contributed by atoms with E-state index in [1.54, 1.807) is 12.4 Å². The van der Waals surface area contributed by atoms with Gasteiger partial charge in [-0.1, -0.05) is 26.0 Å². The fraction of sp³-hybridized carbons (Fsp3) is 0.333. The maximum absolute atomic E-state index is 5.65. The van der Waals surface area contributed by atoms with Crippen molar-refractivity contribution in [1.29, 1.82) is 0 Å². The normalized spacial score (nSPS) is 10.7. The molecular formula is C15H19N3O. The molecule has 4 nitrogen and oxygen atoms in total. The number of hydrogen-bond donors (Lipinski definition) is 1. The Morgan fingerprint density at radius 1 is 1.21 bits per heavy atom. The summed E-state index contributed by atoms with van der Waals surface area (Å²) in [6, 6.07) is 8.35. The summed E-state index contributed by atoms with van der Waals surface area (Å²) < 4.78 is 5.65. The molecule has 2 aromatic rings. The lowest BCUT2D eigenvalue weighted by Gasteiger charge is -2.08. The summed E-state index contributed by atoms with van der Waals surface area (Å²) in [5, 5.41) is 0. The van der Waals surface area contributed by atoms with Crippen molar-refractivity contribution < 1.29 is 4.74 Å².